The fourth-order valence-corrected chi connectivity index (χ4v) is 6.62. The first-order chi connectivity index (χ1) is 14.6. The number of likely N-dealkylation sites (N-methyl/N-ethyl adjacent to an activating group) is 1. The highest BCUT2D eigenvalue weighted by atomic mass is 32.2. The second-order valence-corrected chi connectivity index (χ2v) is 11.1. The molecular formula is C19H21F2N3O5S2. The first kappa shape index (κ1) is 21.9. The lowest BCUT2D eigenvalue weighted by molar-refractivity contribution is 0.271. The Morgan fingerprint density at radius 1 is 0.839 bits per heavy atom. The SMILES string of the molecule is CN1CCOc2ccc(S(=O)(=O)N3CCN(S(=O)(=O)c4c(F)cccc4F)CC3)cc21. The Morgan fingerprint density at radius 2 is 1.42 bits per heavy atom. The molecule has 2 aromatic rings. The van der Waals surface area contributed by atoms with Crippen molar-refractivity contribution in [3.05, 3.63) is 48.0 Å². The number of benzene rings is 2. The largest absolute Gasteiger partial charge is 0.490 e. The van der Waals surface area contributed by atoms with Crippen LogP contribution in [0, 0.1) is 11.6 Å². The van der Waals surface area contributed by atoms with E-state index in [1.165, 1.54) is 16.4 Å². The second kappa shape index (κ2) is 8.01. The van der Waals surface area contributed by atoms with Crippen LogP contribution in [0.1, 0.15) is 0 Å². The number of fused-ring (bicyclic) bond motifs is 1. The van der Waals surface area contributed by atoms with Gasteiger partial charge in [0.1, 0.15) is 24.0 Å². The maximum Gasteiger partial charge on any atom is 0.249 e. The van der Waals surface area contributed by atoms with Crippen molar-refractivity contribution in [2.45, 2.75) is 9.79 Å². The average molecular weight is 474 g/mol. The van der Waals surface area contributed by atoms with Crippen molar-refractivity contribution in [2.75, 3.05) is 51.3 Å². The number of halogens is 2. The van der Waals surface area contributed by atoms with Gasteiger partial charge in [-0.2, -0.15) is 8.61 Å². The van der Waals surface area contributed by atoms with E-state index in [-0.39, 0.29) is 31.1 Å². The van der Waals surface area contributed by atoms with E-state index in [9.17, 15) is 25.6 Å². The van der Waals surface area contributed by atoms with Crippen LogP contribution in [0.3, 0.4) is 0 Å². The number of sulfonamides is 2. The third-order valence-electron chi connectivity index (χ3n) is 5.38. The van der Waals surface area contributed by atoms with Gasteiger partial charge in [-0.15, -0.1) is 0 Å². The number of ether oxygens (including phenoxy) is 1. The van der Waals surface area contributed by atoms with Crippen LogP contribution in [0.5, 0.6) is 5.75 Å². The van der Waals surface area contributed by atoms with Crippen LogP contribution in [0.2, 0.25) is 0 Å². The molecular weight excluding hydrogens is 452 g/mol. The lowest BCUT2D eigenvalue weighted by atomic mass is 10.2. The fourth-order valence-electron chi connectivity index (χ4n) is 3.65. The van der Waals surface area contributed by atoms with Gasteiger partial charge in [0.15, 0.2) is 4.90 Å². The molecule has 2 aliphatic rings. The number of rotatable bonds is 4. The molecule has 2 aromatic carbocycles. The van der Waals surface area contributed by atoms with Crippen LogP contribution in [0.25, 0.3) is 0 Å². The molecule has 0 aromatic heterocycles. The van der Waals surface area contributed by atoms with Gasteiger partial charge in [0, 0.05) is 33.2 Å². The van der Waals surface area contributed by atoms with Gasteiger partial charge >= 0.3 is 0 Å². The molecule has 31 heavy (non-hydrogen) atoms. The molecule has 0 radical (unpaired) electrons. The Kier molecular flexibility index (Phi) is 5.66. The summed E-state index contributed by atoms with van der Waals surface area (Å²) in [5.74, 6) is -1.78. The Hall–Kier alpha value is -2.28. The molecule has 12 heteroatoms. The minimum Gasteiger partial charge on any atom is -0.490 e. The van der Waals surface area contributed by atoms with Crippen LogP contribution in [-0.4, -0.2) is 71.8 Å². The summed E-state index contributed by atoms with van der Waals surface area (Å²) >= 11 is 0. The summed E-state index contributed by atoms with van der Waals surface area (Å²) < 4.78 is 87.2. The van der Waals surface area contributed by atoms with Crippen LogP contribution < -0.4 is 9.64 Å². The highest BCUT2D eigenvalue weighted by molar-refractivity contribution is 7.89. The summed E-state index contributed by atoms with van der Waals surface area (Å²) in [6.45, 7) is 0.420. The minimum atomic E-state index is -4.44. The molecule has 4 rings (SSSR count). The van der Waals surface area contributed by atoms with Gasteiger partial charge in [0.05, 0.1) is 17.1 Å². The lowest BCUT2D eigenvalue weighted by Gasteiger charge is -2.34. The molecule has 0 saturated carbocycles. The van der Waals surface area contributed by atoms with Gasteiger partial charge in [0.25, 0.3) is 0 Å². The van der Waals surface area contributed by atoms with E-state index in [1.54, 1.807) is 6.07 Å². The van der Waals surface area contributed by atoms with E-state index >= 15 is 0 Å². The Bertz CT molecular complexity index is 1190. The zero-order chi connectivity index (χ0) is 22.4. The fraction of sp³-hybridized carbons (Fsp3) is 0.368. The summed E-state index contributed by atoms with van der Waals surface area (Å²) in [5, 5.41) is 0. The molecule has 2 aliphatic heterocycles. The Balaban J connectivity index is 1.54. The number of piperazine rings is 1. The van der Waals surface area contributed by atoms with E-state index in [0.717, 1.165) is 22.5 Å². The summed E-state index contributed by atoms with van der Waals surface area (Å²) in [6, 6.07) is 7.39. The minimum absolute atomic E-state index is 0.0695. The number of nitrogens with zero attached hydrogens (tertiary/aromatic N) is 3. The van der Waals surface area contributed by atoms with E-state index in [2.05, 4.69) is 0 Å². The Morgan fingerprint density at radius 3 is 2.03 bits per heavy atom. The monoisotopic (exact) mass is 473 g/mol. The summed E-state index contributed by atoms with van der Waals surface area (Å²) in [6.07, 6.45) is 0. The highest BCUT2D eigenvalue weighted by Crippen LogP contribution is 2.34. The smallest absolute Gasteiger partial charge is 0.249 e. The van der Waals surface area contributed by atoms with Crippen molar-refractivity contribution in [3.8, 4) is 5.75 Å². The third-order valence-corrected chi connectivity index (χ3v) is 9.22. The molecule has 1 fully saturated rings. The third kappa shape index (κ3) is 3.88. The van der Waals surface area contributed by atoms with Crippen molar-refractivity contribution >= 4 is 25.7 Å². The molecule has 0 N–H and O–H groups in total. The van der Waals surface area contributed by atoms with Gasteiger partial charge in [-0.3, -0.25) is 0 Å². The van der Waals surface area contributed by atoms with Crippen molar-refractivity contribution in [2.24, 2.45) is 0 Å². The van der Waals surface area contributed by atoms with Crippen LogP contribution in [0.4, 0.5) is 14.5 Å². The van der Waals surface area contributed by atoms with Gasteiger partial charge in [-0.25, -0.2) is 25.6 Å². The van der Waals surface area contributed by atoms with Crippen LogP contribution >= 0.6 is 0 Å². The standard InChI is InChI=1S/C19H21F2N3O5S2/c1-22-11-12-29-18-6-5-14(13-17(18)22)30(25,26)23-7-9-24(10-8-23)31(27,28)19-15(20)3-2-4-16(19)21/h2-6,13H,7-12H2,1H3. The molecule has 0 amide bonds. The van der Waals surface area contributed by atoms with E-state index in [0.29, 0.717) is 24.6 Å². The first-order valence-electron chi connectivity index (χ1n) is 9.54. The molecule has 168 valence electrons. The zero-order valence-corrected chi connectivity index (χ0v) is 18.3. The normalized spacial score (nSPS) is 18.5. The molecule has 0 bridgehead atoms. The van der Waals surface area contributed by atoms with Gasteiger partial charge in [-0.05, 0) is 30.3 Å². The predicted octanol–water partition coefficient (Wildman–Crippen LogP) is 1.49. The average Bonchev–Trinajstić information content (AvgIpc) is 2.73. The molecule has 0 unspecified atom stereocenters. The van der Waals surface area contributed by atoms with Crippen molar-refractivity contribution < 1.29 is 30.4 Å². The number of hydrogen-bond donors (Lipinski definition) is 0. The quantitative estimate of drug-likeness (QED) is 0.669. The molecule has 8 nitrogen and oxygen atoms in total. The second-order valence-electron chi connectivity index (χ2n) is 7.26. The molecule has 2 heterocycles. The van der Waals surface area contributed by atoms with Crippen molar-refractivity contribution in [1.29, 1.82) is 0 Å². The predicted molar refractivity (Wildman–Crippen MR) is 109 cm³/mol. The van der Waals surface area contributed by atoms with Crippen LogP contribution in [-0.2, 0) is 20.0 Å². The number of anilines is 1. The van der Waals surface area contributed by atoms with Crippen molar-refractivity contribution in [1.82, 2.24) is 8.61 Å². The molecule has 0 spiro atoms. The maximum absolute atomic E-state index is 14.0. The number of hydrogen-bond acceptors (Lipinski definition) is 6. The molecule has 0 atom stereocenters. The lowest BCUT2D eigenvalue weighted by Crippen LogP contribution is -2.50. The van der Waals surface area contributed by atoms with Gasteiger partial charge in [-0.1, -0.05) is 6.07 Å². The zero-order valence-electron chi connectivity index (χ0n) is 16.7. The molecule has 0 aliphatic carbocycles. The Labute approximate surface area is 179 Å². The highest BCUT2D eigenvalue weighted by Gasteiger charge is 2.36. The van der Waals surface area contributed by atoms with Gasteiger partial charge in [0.2, 0.25) is 20.0 Å². The summed E-state index contributed by atoms with van der Waals surface area (Å²) in [7, 11) is -6.49. The maximum atomic E-state index is 14.0. The van der Waals surface area contributed by atoms with E-state index in [1.807, 2.05) is 11.9 Å². The summed E-state index contributed by atoms with van der Waals surface area (Å²) in [4.78, 5) is 0.940. The van der Waals surface area contributed by atoms with E-state index in [4.69, 9.17) is 4.74 Å². The topological polar surface area (TPSA) is 87.2 Å². The van der Waals surface area contributed by atoms with Crippen LogP contribution in [0.15, 0.2) is 46.2 Å². The van der Waals surface area contributed by atoms with E-state index < -0.39 is 36.6 Å². The van der Waals surface area contributed by atoms with Gasteiger partial charge < -0.3 is 9.64 Å². The van der Waals surface area contributed by atoms with Crippen molar-refractivity contribution in [3.63, 3.8) is 0 Å². The first-order valence-corrected chi connectivity index (χ1v) is 12.4. The molecule has 1 saturated heterocycles. The summed E-state index contributed by atoms with van der Waals surface area (Å²) in [5.41, 5.74) is 0.656.